The first-order chi connectivity index (χ1) is 12.2. The van der Waals surface area contributed by atoms with Crippen molar-refractivity contribution in [2.75, 3.05) is 0 Å². The van der Waals surface area contributed by atoms with E-state index in [9.17, 15) is 8.42 Å². The van der Waals surface area contributed by atoms with Gasteiger partial charge in [-0.2, -0.15) is 0 Å². The van der Waals surface area contributed by atoms with Gasteiger partial charge in [-0.1, -0.05) is 72.8 Å². The molecule has 3 aromatic rings. The highest BCUT2D eigenvalue weighted by atomic mass is 32.2. The van der Waals surface area contributed by atoms with Crippen molar-refractivity contribution >= 4 is 10.0 Å². The Hall–Kier alpha value is -2.47. The summed E-state index contributed by atoms with van der Waals surface area (Å²) in [6, 6.07) is 26.2. The molecule has 4 nitrogen and oxygen atoms in total. The average molecular weight is 351 g/mol. The Balaban J connectivity index is 1.60. The number of hydrogen-bond donors (Lipinski definition) is 0. The molecule has 0 saturated carbocycles. The lowest BCUT2D eigenvalue weighted by Crippen LogP contribution is -2.12. The molecule has 3 aromatic carbocycles. The monoisotopic (exact) mass is 351 g/mol. The number of hydrogen-bond acceptors (Lipinski definition) is 3. The van der Waals surface area contributed by atoms with Crippen molar-refractivity contribution in [3.05, 3.63) is 102 Å². The SMILES string of the molecule is O=S(=O)(c1ccccc1)N1OC1c1ccccc1Cc1ccccc1. The molecule has 0 radical (unpaired) electrons. The lowest BCUT2D eigenvalue weighted by Gasteiger charge is -2.08. The summed E-state index contributed by atoms with van der Waals surface area (Å²) in [4.78, 5) is 5.68. The zero-order valence-electron chi connectivity index (χ0n) is 13.4. The summed E-state index contributed by atoms with van der Waals surface area (Å²) < 4.78 is 26.4. The molecule has 1 aliphatic rings. The second kappa shape index (κ2) is 6.44. The summed E-state index contributed by atoms with van der Waals surface area (Å²) in [6.45, 7) is 0. The molecule has 0 aromatic heterocycles. The number of rotatable bonds is 5. The first-order valence-corrected chi connectivity index (χ1v) is 9.48. The van der Waals surface area contributed by atoms with Crippen molar-refractivity contribution < 1.29 is 13.3 Å². The number of nitrogens with zero attached hydrogens (tertiary/aromatic N) is 1. The molecule has 1 saturated heterocycles. The van der Waals surface area contributed by atoms with Gasteiger partial charge >= 0.3 is 0 Å². The van der Waals surface area contributed by atoms with Crippen molar-refractivity contribution in [3.8, 4) is 0 Å². The van der Waals surface area contributed by atoms with Crippen LogP contribution >= 0.6 is 0 Å². The molecule has 0 amide bonds. The van der Waals surface area contributed by atoms with Gasteiger partial charge in [-0.05, 0) is 34.1 Å². The zero-order valence-corrected chi connectivity index (χ0v) is 14.3. The van der Waals surface area contributed by atoms with Crippen LogP contribution in [0.1, 0.15) is 22.9 Å². The molecule has 1 heterocycles. The molecule has 1 fully saturated rings. The van der Waals surface area contributed by atoms with Crippen LogP contribution in [0.25, 0.3) is 0 Å². The second-order valence-electron chi connectivity index (χ2n) is 5.89. The standard InChI is InChI=1S/C20H17NO3S/c22-25(23,18-12-5-2-6-13-18)21-20(24-21)19-14-8-7-11-17(19)15-16-9-3-1-4-10-16/h1-14,20H,15H2. The Morgan fingerprint density at radius 2 is 1.40 bits per heavy atom. The lowest BCUT2D eigenvalue weighted by molar-refractivity contribution is 0.283. The van der Waals surface area contributed by atoms with E-state index in [4.69, 9.17) is 4.84 Å². The summed E-state index contributed by atoms with van der Waals surface area (Å²) in [6.07, 6.45) is 0.168. The molecule has 0 bridgehead atoms. The van der Waals surface area contributed by atoms with E-state index in [1.807, 2.05) is 42.5 Å². The van der Waals surface area contributed by atoms with Gasteiger partial charge in [0.25, 0.3) is 10.0 Å². The minimum absolute atomic E-state index is 0.234. The molecule has 0 N–H and O–H groups in total. The maximum absolute atomic E-state index is 12.6. The highest BCUT2D eigenvalue weighted by molar-refractivity contribution is 7.89. The van der Waals surface area contributed by atoms with Crippen LogP contribution < -0.4 is 0 Å². The number of sulfonamides is 1. The average Bonchev–Trinajstić information content (AvgIpc) is 3.45. The van der Waals surface area contributed by atoms with Crippen molar-refractivity contribution in [1.29, 1.82) is 0 Å². The van der Waals surface area contributed by atoms with E-state index in [1.54, 1.807) is 30.3 Å². The molecular weight excluding hydrogens is 334 g/mol. The van der Waals surface area contributed by atoms with Gasteiger partial charge < -0.3 is 0 Å². The fourth-order valence-corrected chi connectivity index (χ4v) is 4.14. The van der Waals surface area contributed by atoms with E-state index < -0.39 is 16.3 Å². The fraction of sp³-hybridized carbons (Fsp3) is 0.100. The highest BCUT2D eigenvalue weighted by Crippen LogP contribution is 2.43. The first-order valence-electron chi connectivity index (χ1n) is 8.04. The van der Waals surface area contributed by atoms with Gasteiger partial charge in [0.15, 0.2) is 6.23 Å². The smallest absolute Gasteiger partial charge is 0.253 e. The zero-order chi connectivity index (χ0) is 17.3. The summed E-state index contributed by atoms with van der Waals surface area (Å²) in [5.74, 6) is 0. The Labute approximate surface area is 147 Å². The van der Waals surface area contributed by atoms with Crippen molar-refractivity contribution in [3.63, 3.8) is 0 Å². The van der Waals surface area contributed by atoms with Crippen LogP contribution in [0.4, 0.5) is 0 Å². The third-order valence-electron chi connectivity index (χ3n) is 4.19. The summed E-state index contributed by atoms with van der Waals surface area (Å²) >= 11 is 0. The predicted molar refractivity (Wildman–Crippen MR) is 95.0 cm³/mol. The topological polar surface area (TPSA) is 49.7 Å². The number of benzene rings is 3. The third-order valence-corrected chi connectivity index (χ3v) is 5.81. The molecule has 4 rings (SSSR count). The highest BCUT2D eigenvalue weighted by Gasteiger charge is 2.49. The normalized spacial score (nSPS) is 19.5. The Bertz CT molecular complexity index is 972. The first kappa shape index (κ1) is 16.0. The largest absolute Gasteiger partial charge is 0.267 e. The van der Waals surface area contributed by atoms with Crippen molar-refractivity contribution in [2.24, 2.45) is 0 Å². The van der Waals surface area contributed by atoms with E-state index in [0.29, 0.717) is 0 Å². The van der Waals surface area contributed by atoms with Gasteiger partial charge in [-0.15, -0.1) is 0 Å². The fourth-order valence-electron chi connectivity index (χ4n) is 2.87. The van der Waals surface area contributed by atoms with Gasteiger partial charge in [0.2, 0.25) is 0 Å². The van der Waals surface area contributed by atoms with Crippen LogP contribution in [0.2, 0.25) is 0 Å². The molecule has 0 aliphatic carbocycles. The maximum Gasteiger partial charge on any atom is 0.267 e. The van der Waals surface area contributed by atoms with E-state index in [-0.39, 0.29) is 4.90 Å². The summed E-state index contributed by atoms with van der Waals surface area (Å²) in [7, 11) is -3.64. The van der Waals surface area contributed by atoms with E-state index in [1.165, 1.54) is 5.56 Å². The van der Waals surface area contributed by atoms with Gasteiger partial charge in [0.1, 0.15) is 0 Å². The van der Waals surface area contributed by atoms with Gasteiger partial charge in [-0.3, -0.25) is 4.84 Å². The van der Waals surface area contributed by atoms with Crippen LogP contribution in [0.3, 0.4) is 0 Å². The molecule has 2 atom stereocenters. The Morgan fingerprint density at radius 1 is 0.800 bits per heavy atom. The van der Waals surface area contributed by atoms with Crippen LogP contribution in [-0.4, -0.2) is 12.9 Å². The van der Waals surface area contributed by atoms with Crippen LogP contribution in [0.15, 0.2) is 89.8 Å². The lowest BCUT2D eigenvalue weighted by atomic mass is 9.99. The molecule has 126 valence electrons. The van der Waals surface area contributed by atoms with Crippen molar-refractivity contribution in [2.45, 2.75) is 17.5 Å². The molecule has 25 heavy (non-hydrogen) atoms. The number of hydroxylamine groups is 1. The van der Waals surface area contributed by atoms with Gasteiger partial charge in [-0.25, -0.2) is 8.42 Å². The third kappa shape index (κ3) is 3.22. The Kier molecular flexibility index (Phi) is 4.13. The van der Waals surface area contributed by atoms with Crippen LogP contribution in [0.5, 0.6) is 0 Å². The van der Waals surface area contributed by atoms with E-state index in [2.05, 4.69) is 12.1 Å². The minimum atomic E-state index is -3.64. The van der Waals surface area contributed by atoms with Gasteiger partial charge in [0.05, 0.1) is 4.90 Å². The van der Waals surface area contributed by atoms with Crippen LogP contribution in [-0.2, 0) is 21.3 Å². The second-order valence-corrected chi connectivity index (χ2v) is 7.67. The molecule has 2 unspecified atom stereocenters. The maximum atomic E-state index is 12.6. The molecular formula is C20H17NO3S. The molecule has 1 aliphatic heterocycles. The quantitative estimate of drug-likeness (QED) is 0.655. The van der Waals surface area contributed by atoms with E-state index in [0.717, 1.165) is 22.0 Å². The van der Waals surface area contributed by atoms with Crippen LogP contribution in [0, 0.1) is 0 Å². The molecule has 5 heteroatoms. The molecule has 0 spiro atoms. The van der Waals surface area contributed by atoms with E-state index >= 15 is 0 Å². The summed E-state index contributed by atoms with van der Waals surface area (Å²) in [5, 5.41) is 0. The predicted octanol–water partition coefficient (Wildman–Crippen LogP) is 3.91. The Morgan fingerprint density at radius 3 is 2.12 bits per heavy atom. The minimum Gasteiger partial charge on any atom is -0.253 e. The summed E-state index contributed by atoms with van der Waals surface area (Å²) in [5.41, 5.74) is 3.11. The van der Waals surface area contributed by atoms with Crippen molar-refractivity contribution in [1.82, 2.24) is 4.47 Å². The van der Waals surface area contributed by atoms with Gasteiger partial charge in [0, 0.05) is 5.56 Å².